The van der Waals surface area contributed by atoms with E-state index in [1.54, 1.807) is 18.5 Å². The molecular formula is C44H52F2N10O4. The molecule has 10 rings (SSSR count). The number of alkyl halides is 1. The van der Waals surface area contributed by atoms with Gasteiger partial charge in [0.25, 0.3) is 5.91 Å². The number of ether oxygens (including phenoxy) is 1. The molecule has 0 radical (unpaired) electrons. The molecule has 316 valence electrons. The van der Waals surface area contributed by atoms with Crippen molar-refractivity contribution >= 4 is 40.1 Å². The predicted octanol–water partition coefficient (Wildman–Crippen LogP) is 4.69. The Balaban J connectivity index is 0.679. The van der Waals surface area contributed by atoms with Gasteiger partial charge in [0.1, 0.15) is 35.2 Å². The van der Waals surface area contributed by atoms with E-state index in [2.05, 4.69) is 59.2 Å². The van der Waals surface area contributed by atoms with Gasteiger partial charge in [0.2, 0.25) is 11.8 Å². The molecule has 5 aliphatic heterocycles. The fourth-order valence-corrected chi connectivity index (χ4v) is 9.85. The first-order valence-corrected chi connectivity index (χ1v) is 21.6. The van der Waals surface area contributed by atoms with Crippen molar-refractivity contribution in [3.05, 3.63) is 59.7 Å². The number of carbonyl (C=O) groups is 3. The third-order valence-corrected chi connectivity index (χ3v) is 13.8. The molecule has 2 aromatic heterocycles. The minimum Gasteiger partial charge on any atom is -0.488 e. The first kappa shape index (κ1) is 38.9. The minimum atomic E-state index is -1.35. The summed E-state index contributed by atoms with van der Waals surface area (Å²) < 4.78 is 38.5. The van der Waals surface area contributed by atoms with Gasteiger partial charge in [0.15, 0.2) is 5.82 Å². The molecule has 7 heterocycles. The zero-order valence-electron chi connectivity index (χ0n) is 34.1. The van der Waals surface area contributed by atoms with Crippen molar-refractivity contribution in [3.8, 4) is 17.1 Å². The monoisotopic (exact) mass is 822 g/mol. The number of carbonyl (C=O) groups excluding carboxylic acids is 3. The summed E-state index contributed by atoms with van der Waals surface area (Å²) in [4.78, 5) is 56.8. The van der Waals surface area contributed by atoms with Crippen molar-refractivity contribution in [2.75, 3.05) is 75.2 Å². The van der Waals surface area contributed by atoms with Crippen LogP contribution < -0.4 is 19.9 Å². The van der Waals surface area contributed by atoms with E-state index in [1.165, 1.54) is 4.90 Å². The fraction of sp³-hybridized carbons (Fsp3) is 0.545. The maximum absolute atomic E-state index is 16.3. The Morgan fingerprint density at radius 1 is 0.867 bits per heavy atom. The largest absolute Gasteiger partial charge is 0.488 e. The van der Waals surface area contributed by atoms with Gasteiger partial charge >= 0.3 is 0 Å². The minimum absolute atomic E-state index is 0.0292. The molecule has 0 bridgehead atoms. The van der Waals surface area contributed by atoms with Crippen LogP contribution in [0.25, 0.3) is 22.3 Å². The van der Waals surface area contributed by atoms with Gasteiger partial charge in [0.05, 0.1) is 29.1 Å². The van der Waals surface area contributed by atoms with Crippen LogP contribution in [0.4, 0.5) is 20.3 Å². The normalized spacial score (nSPS) is 23.6. The second-order valence-electron chi connectivity index (χ2n) is 18.1. The Bertz CT molecular complexity index is 2310. The van der Waals surface area contributed by atoms with E-state index in [9.17, 15) is 14.4 Å². The lowest BCUT2D eigenvalue weighted by Gasteiger charge is -2.43. The lowest BCUT2D eigenvalue weighted by atomic mass is 9.91. The highest BCUT2D eigenvalue weighted by atomic mass is 19.1. The summed E-state index contributed by atoms with van der Waals surface area (Å²) in [6.07, 6.45) is 6.89. The van der Waals surface area contributed by atoms with Crippen molar-refractivity contribution in [1.82, 2.24) is 40.2 Å². The van der Waals surface area contributed by atoms with Gasteiger partial charge in [-0.2, -0.15) is 5.10 Å². The van der Waals surface area contributed by atoms with Gasteiger partial charge in [-0.1, -0.05) is 0 Å². The molecule has 4 aromatic rings. The summed E-state index contributed by atoms with van der Waals surface area (Å²) in [6.45, 7) is 9.61. The van der Waals surface area contributed by atoms with E-state index in [0.717, 1.165) is 105 Å². The van der Waals surface area contributed by atoms with Crippen LogP contribution in [-0.2, 0) is 16.1 Å². The number of fused-ring (bicyclic) bond motifs is 2. The molecule has 2 aromatic carbocycles. The number of aromatic nitrogens is 4. The van der Waals surface area contributed by atoms with Crippen LogP contribution in [0.5, 0.6) is 5.75 Å². The number of piperidine rings is 3. The third-order valence-electron chi connectivity index (χ3n) is 13.8. The molecule has 1 unspecified atom stereocenters. The van der Waals surface area contributed by atoms with Crippen LogP contribution in [0, 0.1) is 11.7 Å². The van der Waals surface area contributed by atoms with Crippen LogP contribution in [0.2, 0.25) is 0 Å². The van der Waals surface area contributed by atoms with Crippen molar-refractivity contribution in [1.29, 1.82) is 0 Å². The number of hydrogen-bond acceptors (Lipinski definition) is 11. The zero-order valence-corrected chi connectivity index (χ0v) is 34.1. The standard InChI is InChI=1S/C44H52F2N10O4/c1-43(10-11-43)60-29-2-4-33-31(22-29)40(51-50-33)34-23-37(48-27-47-34)55-14-8-28(9-15-55)24-52-18-20-53(21-19-52)26-44(46)12-16-54(17-13-44)35-5-3-30-32(39(35)45)25-56(42(30)59)36-6-7-38(57)49-41(36)58/h2-5,22-23,27-28,36H,6-21,24-26H2,1H3,(H,50,51)(H,49,57,58). The Labute approximate surface area is 347 Å². The average Bonchev–Trinajstić information content (AvgIpc) is 3.66. The van der Waals surface area contributed by atoms with E-state index in [4.69, 9.17) is 4.74 Å². The number of anilines is 2. The number of halogens is 2. The van der Waals surface area contributed by atoms with E-state index in [-0.39, 0.29) is 42.0 Å². The van der Waals surface area contributed by atoms with Crippen molar-refractivity contribution in [2.45, 2.75) is 82.1 Å². The highest BCUT2D eigenvalue weighted by Crippen LogP contribution is 2.41. The number of imide groups is 1. The number of hydrogen-bond donors (Lipinski definition) is 2. The molecule has 2 N–H and O–H groups in total. The van der Waals surface area contributed by atoms with Crippen LogP contribution in [0.1, 0.15) is 74.2 Å². The quantitative estimate of drug-likeness (QED) is 0.215. The Hall–Kier alpha value is -5.22. The second-order valence-corrected chi connectivity index (χ2v) is 18.1. The molecular weight excluding hydrogens is 771 g/mol. The van der Waals surface area contributed by atoms with Crippen LogP contribution >= 0.6 is 0 Å². The van der Waals surface area contributed by atoms with E-state index >= 15 is 8.78 Å². The Morgan fingerprint density at radius 3 is 2.38 bits per heavy atom. The maximum atomic E-state index is 16.3. The van der Waals surface area contributed by atoms with Gasteiger partial charge < -0.3 is 24.3 Å². The lowest BCUT2D eigenvalue weighted by molar-refractivity contribution is -0.136. The molecule has 1 aliphatic carbocycles. The Morgan fingerprint density at radius 2 is 1.63 bits per heavy atom. The number of rotatable bonds is 10. The molecule has 3 amide bonds. The summed E-state index contributed by atoms with van der Waals surface area (Å²) >= 11 is 0. The first-order chi connectivity index (χ1) is 29.0. The number of benzene rings is 2. The van der Waals surface area contributed by atoms with E-state index in [0.29, 0.717) is 44.1 Å². The van der Waals surface area contributed by atoms with Gasteiger partial charge in [-0.25, -0.2) is 18.7 Å². The smallest absolute Gasteiger partial charge is 0.255 e. The molecule has 16 heteroatoms. The van der Waals surface area contributed by atoms with Crippen LogP contribution in [0.3, 0.4) is 0 Å². The topological polar surface area (TPSA) is 143 Å². The molecule has 6 aliphatic rings. The number of nitrogens with one attached hydrogen (secondary N) is 2. The summed E-state index contributed by atoms with van der Waals surface area (Å²) in [5.41, 5.74) is 2.00. The molecule has 14 nitrogen and oxygen atoms in total. The Kier molecular flexibility index (Phi) is 9.97. The first-order valence-electron chi connectivity index (χ1n) is 21.6. The van der Waals surface area contributed by atoms with E-state index < -0.39 is 29.3 Å². The average molecular weight is 823 g/mol. The zero-order chi connectivity index (χ0) is 41.2. The third kappa shape index (κ3) is 7.68. The van der Waals surface area contributed by atoms with Crippen molar-refractivity contribution in [2.24, 2.45) is 5.92 Å². The summed E-state index contributed by atoms with van der Waals surface area (Å²) in [7, 11) is 0. The number of piperazine rings is 1. The summed E-state index contributed by atoms with van der Waals surface area (Å²) in [5.74, 6) is 0.566. The van der Waals surface area contributed by atoms with Crippen LogP contribution in [-0.4, -0.2) is 135 Å². The predicted molar refractivity (Wildman–Crippen MR) is 221 cm³/mol. The van der Waals surface area contributed by atoms with Crippen LogP contribution in [0.15, 0.2) is 42.7 Å². The number of aromatic amines is 1. The number of amides is 3. The summed E-state index contributed by atoms with van der Waals surface area (Å²) in [5, 5.41) is 11.0. The van der Waals surface area contributed by atoms with Gasteiger partial charge in [-0.05, 0) is 75.3 Å². The molecule has 5 fully saturated rings. The van der Waals surface area contributed by atoms with Gasteiger partial charge in [-0.3, -0.25) is 29.7 Å². The fourth-order valence-electron chi connectivity index (χ4n) is 9.85. The highest BCUT2D eigenvalue weighted by Gasteiger charge is 2.43. The SMILES string of the molecule is CC1(Oc2ccc3n[nH]c(-c4cc(N5CCC(CN6CCN(CC7(F)CCN(c8ccc9c(c8F)CN(C8CCC(=O)NC8=O)C9=O)CC7)CC6)CC5)ncn4)c3c2)CC1. The maximum Gasteiger partial charge on any atom is 0.255 e. The highest BCUT2D eigenvalue weighted by molar-refractivity contribution is 6.05. The molecule has 1 saturated carbocycles. The van der Waals surface area contributed by atoms with Crippen molar-refractivity contribution in [3.63, 3.8) is 0 Å². The van der Waals surface area contributed by atoms with Crippen molar-refractivity contribution < 1.29 is 27.9 Å². The van der Waals surface area contributed by atoms with Gasteiger partial charge in [0, 0.05) is 107 Å². The summed E-state index contributed by atoms with van der Waals surface area (Å²) in [6, 6.07) is 10.5. The second kappa shape index (κ2) is 15.4. The molecule has 1 atom stereocenters. The number of nitrogens with zero attached hydrogens (tertiary/aromatic N) is 8. The number of H-pyrrole nitrogens is 1. The van der Waals surface area contributed by atoms with Gasteiger partial charge in [-0.15, -0.1) is 0 Å². The molecule has 0 spiro atoms. The van der Waals surface area contributed by atoms with E-state index in [1.807, 2.05) is 17.0 Å². The molecule has 4 saturated heterocycles. The lowest BCUT2D eigenvalue weighted by Crippen LogP contribution is -2.54. The molecule has 60 heavy (non-hydrogen) atoms.